The fourth-order valence-corrected chi connectivity index (χ4v) is 1.73. The van der Waals surface area contributed by atoms with Crippen LogP contribution in [0.15, 0.2) is 12.3 Å². The van der Waals surface area contributed by atoms with E-state index < -0.39 is 0 Å². The predicted octanol–water partition coefficient (Wildman–Crippen LogP) is 3.25. The molecular formula is C10H8Cl2N2O. The first-order chi connectivity index (χ1) is 7.13. The molecule has 0 unspecified atom stereocenters. The van der Waals surface area contributed by atoms with E-state index in [2.05, 4.69) is 9.97 Å². The Labute approximate surface area is 97.0 Å². The van der Waals surface area contributed by atoms with E-state index in [0.717, 1.165) is 5.56 Å². The first kappa shape index (κ1) is 10.5. The highest BCUT2D eigenvalue weighted by Gasteiger charge is 2.10. The Kier molecular flexibility index (Phi) is 2.67. The lowest BCUT2D eigenvalue weighted by molar-refractivity contribution is 0.413. The van der Waals surface area contributed by atoms with Gasteiger partial charge in [-0.25, -0.2) is 9.97 Å². The van der Waals surface area contributed by atoms with Crippen LogP contribution in [0.1, 0.15) is 5.56 Å². The number of ether oxygens (including phenoxy) is 1. The van der Waals surface area contributed by atoms with Gasteiger partial charge >= 0.3 is 0 Å². The molecule has 0 radical (unpaired) electrons. The van der Waals surface area contributed by atoms with Crippen LogP contribution >= 0.6 is 23.2 Å². The van der Waals surface area contributed by atoms with Crippen molar-refractivity contribution in [3.05, 3.63) is 28.0 Å². The van der Waals surface area contributed by atoms with Crippen LogP contribution in [0.3, 0.4) is 0 Å². The fourth-order valence-electron chi connectivity index (χ4n) is 1.26. The summed E-state index contributed by atoms with van der Waals surface area (Å²) in [5, 5.41) is 0.926. The van der Waals surface area contributed by atoms with Gasteiger partial charge in [0.15, 0.2) is 0 Å². The van der Waals surface area contributed by atoms with Gasteiger partial charge in [0.2, 0.25) is 0 Å². The normalized spacial score (nSPS) is 10.7. The number of rotatable bonds is 1. The van der Waals surface area contributed by atoms with Gasteiger partial charge in [-0.15, -0.1) is 0 Å². The molecule has 2 aromatic rings. The largest absolute Gasteiger partial charge is 0.495 e. The van der Waals surface area contributed by atoms with Crippen molar-refractivity contribution < 1.29 is 4.74 Å². The lowest BCUT2D eigenvalue weighted by atomic mass is 10.2. The van der Waals surface area contributed by atoms with Crippen molar-refractivity contribution in [3.8, 4) is 5.75 Å². The molecule has 0 spiro atoms. The maximum Gasteiger partial charge on any atom is 0.139 e. The molecule has 0 atom stereocenters. The predicted molar refractivity (Wildman–Crippen MR) is 60.8 cm³/mol. The summed E-state index contributed by atoms with van der Waals surface area (Å²) in [6.07, 6.45) is 1.60. The number of fused-ring (bicyclic) bond motifs is 1. The number of hydrogen-bond acceptors (Lipinski definition) is 3. The molecule has 78 valence electrons. The molecule has 0 bridgehead atoms. The molecule has 0 aromatic carbocycles. The van der Waals surface area contributed by atoms with Crippen LogP contribution in [-0.4, -0.2) is 17.1 Å². The second-order valence-corrected chi connectivity index (χ2v) is 3.82. The second-order valence-electron chi connectivity index (χ2n) is 3.08. The van der Waals surface area contributed by atoms with E-state index in [1.54, 1.807) is 19.4 Å². The summed E-state index contributed by atoms with van der Waals surface area (Å²) in [5.41, 5.74) is 2.01. The average molecular weight is 243 g/mol. The van der Waals surface area contributed by atoms with E-state index in [1.165, 1.54) is 0 Å². The van der Waals surface area contributed by atoms with Gasteiger partial charge in [-0.05, 0) is 6.92 Å². The molecule has 0 N–H and O–H groups in total. The second kappa shape index (κ2) is 3.83. The third-order valence-electron chi connectivity index (χ3n) is 2.14. The minimum absolute atomic E-state index is 0.391. The molecule has 0 amide bonds. The molecule has 2 heterocycles. The molecule has 0 saturated carbocycles. The van der Waals surface area contributed by atoms with Crippen LogP contribution in [0.4, 0.5) is 0 Å². The molecule has 0 aliphatic carbocycles. The van der Waals surface area contributed by atoms with Gasteiger partial charge < -0.3 is 4.74 Å². The van der Waals surface area contributed by atoms with Crippen LogP contribution in [-0.2, 0) is 0 Å². The van der Waals surface area contributed by atoms with Crippen molar-refractivity contribution in [3.63, 3.8) is 0 Å². The zero-order valence-corrected chi connectivity index (χ0v) is 9.73. The van der Waals surface area contributed by atoms with Gasteiger partial charge in [0.1, 0.15) is 16.4 Å². The van der Waals surface area contributed by atoms with Gasteiger partial charge in [0, 0.05) is 11.6 Å². The van der Waals surface area contributed by atoms with Crippen molar-refractivity contribution in [2.24, 2.45) is 0 Å². The molecule has 15 heavy (non-hydrogen) atoms. The van der Waals surface area contributed by atoms with Crippen LogP contribution in [0.5, 0.6) is 5.75 Å². The summed E-state index contributed by atoms with van der Waals surface area (Å²) >= 11 is 12.0. The summed E-state index contributed by atoms with van der Waals surface area (Å²) in [5.74, 6) is 0.631. The topological polar surface area (TPSA) is 35.0 Å². The molecule has 2 aromatic heterocycles. The Morgan fingerprint density at radius 3 is 2.73 bits per heavy atom. The molecule has 3 nitrogen and oxygen atoms in total. The first-order valence-electron chi connectivity index (χ1n) is 4.29. The van der Waals surface area contributed by atoms with Crippen molar-refractivity contribution >= 4 is 34.2 Å². The summed E-state index contributed by atoms with van der Waals surface area (Å²) < 4.78 is 5.04. The fraction of sp³-hybridized carbons (Fsp3) is 0.200. The van der Waals surface area contributed by atoms with E-state index >= 15 is 0 Å². The Balaban J connectivity index is 2.80. The van der Waals surface area contributed by atoms with Gasteiger partial charge in [0.25, 0.3) is 0 Å². The van der Waals surface area contributed by atoms with Crippen LogP contribution in [0, 0.1) is 6.92 Å². The summed E-state index contributed by atoms with van der Waals surface area (Å²) in [4.78, 5) is 8.36. The first-order valence-corrected chi connectivity index (χ1v) is 5.04. The lowest BCUT2D eigenvalue weighted by Crippen LogP contribution is -1.91. The number of pyridine rings is 2. The third kappa shape index (κ3) is 1.73. The van der Waals surface area contributed by atoms with Crippen molar-refractivity contribution in [2.45, 2.75) is 6.92 Å². The maximum atomic E-state index is 6.10. The molecule has 5 heteroatoms. The smallest absolute Gasteiger partial charge is 0.139 e. The van der Waals surface area contributed by atoms with E-state index in [1.807, 2.05) is 6.92 Å². The highest BCUT2D eigenvalue weighted by Crippen LogP contribution is 2.29. The van der Waals surface area contributed by atoms with Gasteiger partial charge in [0.05, 0.1) is 23.8 Å². The van der Waals surface area contributed by atoms with Crippen LogP contribution in [0.25, 0.3) is 11.0 Å². The molecule has 0 aliphatic rings. The van der Waals surface area contributed by atoms with Crippen molar-refractivity contribution in [1.82, 2.24) is 9.97 Å². The quantitative estimate of drug-likeness (QED) is 0.721. The number of methoxy groups -OCH3 is 1. The number of nitrogens with zero attached hydrogens (tertiary/aromatic N) is 2. The number of aromatic nitrogens is 2. The highest BCUT2D eigenvalue weighted by atomic mass is 35.5. The van der Waals surface area contributed by atoms with E-state index in [0.29, 0.717) is 27.0 Å². The van der Waals surface area contributed by atoms with Crippen molar-refractivity contribution in [1.29, 1.82) is 0 Å². The van der Waals surface area contributed by atoms with E-state index in [9.17, 15) is 0 Å². The number of halogens is 2. The molecule has 0 saturated heterocycles. The highest BCUT2D eigenvalue weighted by molar-refractivity contribution is 6.38. The molecule has 2 rings (SSSR count). The maximum absolute atomic E-state index is 6.10. The lowest BCUT2D eigenvalue weighted by Gasteiger charge is -2.06. The summed E-state index contributed by atoms with van der Waals surface area (Å²) in [6, 6.07) is 1.75. The Hall–Kier alpha value is -1.06. The van der Waals surface area contributed by atoms with Crippen molar-refractivity contribution in [2.75, 3.05) is 7.11 Å². The zero-order valence-electron chi connectivity index (χ0n) is 8.21. The summed E-state index contributed by atoms with van der Waals surface area (Å²) in [7, 11) is 1.57. The third-order valence-corrected chi connectivity index (χ3v) is 2.97. The van der Waals surface area contributed by atoms with Crippen LogP contribution in [0.2, 0.25) is 10.2 Å². The standard InChI is InChI=1S/C10H8Cl2N2O/c1-5-8(11)9-7(14-10(5)12)3-6(15-2)4-13-9/h3-4H,1-2H3. The van der Waals surface area contributed by atoms with E-state index in [-0.39, 0.29) is 0 Å². The van der Waals surface area contributed by atoms with Crippen LogP contribution < -0.4 is 4.74 Å². The van der Waals surface area contributed by atoms with E-state index in [4.69, 9.17) is 27.9 Å². The Bertz CT molecular complexity index is 528. The minimum Gasteiger partial charge on any atom is -0.495 e. The number of hydrogen-bond donors (Lipinski definition) is 0. The molecule has 0 aliphatic heterocycles. The SMILES string of the molecule is COc1cnc2c(Cl)c(C)c(Cl)nc2c1. The zero-order chi connectivity index (χ0) is 11.0. The minimum atomic E-state index is 0.391. The summed E-state index contributed by atoms with van der Waals surface area (Å²) in [6.45, 7) is 1.81. The van der Waals surface area contributed by atoms with Gasteiger partial charge in [-0.3, -0.25) is 0 Å². The van der Waals surface area contributed by atoms with Gasteiger partial charge in [-0.1, -0.05) is 23.2 Å². The average Bonchev–Trinajstić information content (AvgIpc) is 2.25. The van der Waals surface area contributed by atoms with Gasteiger partial charge in [-0.2, -0.15) is 0 Å². The Morgan fingerprint density at radius 1 is 1.33 bits per heavy atom. The molecule has 0 fully saturated rings. The molecular weight excluding hydrogens is 235 g/mol. The Morgan fingerprint density at radius 2 is 2.07 bits per heavy atom. The monoisotopic (exact) mass is 242 g/mol.